The zero-order valence-corrected chi connectivity index (χ0v) is 12.5. The smallest absolute Gasteiger partial charge is 0.271 e. The van der Waals surface area contributed by atoms with Gasteiger partial charge in [0.1, 0.15) is 5.69 Å². The Bertz CT molecular complexity index is 501. The topological polar surface area (TPSA) is 93.5 Å². The van der Waals surface area contributed by atoms with E-state index in [1.165, 1.54) is 23.9 Å². The summed E-state index contributed by atoms with van der Waals surface area (Å²) in [5.74, 6) is -0.0752. The van der Waals surface area contributed by atoms with Gasteiger partial charge in [0, 0.05) is 26.3 Å². The van der Waals surface area contributed by atoms with E-state index in [0.29, 0.717) is 19.7 Å². The number of methoxy groups -OCH3 is 1. The number of rotatable bonds is 9. The van der Waals surface area contributed by atoms with Crippen LogP contribution in [0, 0.1) is 5.92 Å². The Kier molecular flexibility index (Phi) is 7.63. The average Bonchev–Trinajstić information content (AvgIpc) is 2.50. The van der Waals surface area contributed by atoms with Gasteiger partial charge < -0.3 is 15.2 Å². The highest BCUT2D eigenvalue weighted by molar-refractivity contribution is 5.91. The molecule has 1 atom stereocenters. The molecule has 0 spiro atoms. The third-order valence-electron chi connectivity index (χ3n) is 3.08. The van der Waals surface area contributed by atoms with Crippen LogP contribution in [0.3, 0.4) is 0 Å². The Morgan fingerprint density at radius 3 is 2.95 bits per heavy atom. The molecular formula is C14H23N3O4. The lowest BCUT2D eigenvalue weighted by Gasteiger charge is -2.09. The molecule has 0 aromatic carbocycles. The van der Waals surface area contributed by atoms with Crippen LogP contribution in [0.4, 0.5) is 0 Å². The van der Waals surface area contributed by atoms with Crippen molar-refractivity contribution >= 4 is 5.91 Å². The van der Waals surface area contributed by atoms with E-state index >= 15 is 0 Å². The van der Waals surface area contributed by atoms with Crippen molar-refractivity contribution in [3.05, 3.63) is 28.2 Å². The third kappa shape index (κ3) is 6.05. The first-order valence-electron chi connectivity index (χ1n) is 7.04. The van der Waals surface area contributed by atoms with Crippen LogP contribution < -0.4 is 10.9 Å². The largest absolute Gasteiger partial charge is 0.396 e. The molecule has 0 fully saturated rings. The van der Waals surface area contributed by atoms with Crippen molar-refractivity contribution in [2.75, 3.05) is 26.9 Å². The van der Waals surface area contributed by atoms with Crippen molar-refractivity contribution in [1.82, 2.24) is 15.1 Å². The lowest BCUT2D eigenvalue weighted by Crippen LogP contribution is -2.31. The van der Waals surface area contributed by atoms with Crippen LogP contribution in [0.1, 0.15) is 30.3 Å². The fourth-order valence-corrected chi connectivity index (χ4v) is 1.74. The number of aliphatic hydroxyl groups is 1. The summed E-state index contributed by atoms with van der Waals surface area (Å²) in [5, 5.41) is 15.7. The molecule has 1 aromatic rings. The molecule has 2 N–H and O–H groups in total. The van der Waals surface area contributed by atoms with E-state index in [1.807, 2.05) is 6.92 Å². The monoisotopic (exact) mass is 297 g/mol. The van der Waals surface area contributed by atoms with E-state index in [9.17, 15) is 9.59 Å². The molecular weight excluding hydrogens is 274 g/mol. The summed E-state index contributed by atoms with van der Waals surface area (Å²) < 4.78 is 6.11. The number of nitrogens with one attached hydrogen (secondary N) is 1. The quantitative estimate of drug-likeness (QED) is 0.627. The first kappa shape index (κ1) is 17.3. The number of nitrogens with zero attached hydrogens (tertiary/aromatic N) is 2. The Morgan fingerprint density at radius 1 is 1.52 bits per heavy atom. The molecule has 7 heteroatoms. The summed E-state index contributed by atoms with van der Waals surface area (Å²) in [6.45, 7) is 3.29. The van der Waals surface area contributed by atoms with Crippen LogP contribution in [0.5, 0.6) is 0 Å². The van der Waals surface area contributed by atoms with E-state index in [0.717, 1.165) is 12.8 Å². The SMILES string of the molecule is COCCn1nc(C(=O)NCCCC(C)CO)ccc1=O. The van der Waals surface area contributed by atoms with Gasteiger partial charge in [-0.3, -0.25) is 9.59 Å². The number of ether oxygens (including phenoxy) is 1. The van der Waals surface area contributed by atoms with Crippen LogP contribution in [0.15, 0.2) is 16.9 Å². The molecule has 0 aliphatic rings. The normalized spacial score (nSPS) is 12.1. The number of hydrogen-bond donors (Lipinski definition) is 2. The van der Waals surface area contributed by atoms with Crippen molar-refractivity contribution in [2.24, 2.45) is 5.92 Å². The second kappa shape index (κ2) is 9.25. The van der Waals surface area contributed by atoms with E-state index < -0.39 is 0 Å². The molecule has 0 aliphatic carbocycles. The van der Waals surface area contributed by atoms with Crippen LogP contribution in [-0.2, 0) is 11.3 Å². The minimum atomic E-state index is -0.308. The Hall–Kier alpha value is -1.73. The van der Waals surface area contributed by atoms with Crippen molar-refractivity contribution in [3.63, 3.8) is 0 Å². The van der Waals surface area contributed by atoms with Crippen LogP contribution in [0.2, 0.25) is 0 Å². The van der Waals surface area contributed by atoms with Gasteiger partial charge in [0.15, 0.2) is 0 Å². The maximum atomic E-state index is 11.9. The number of carbonyl (C=O) groups is 1. The average molecular weight is 297 g/mol. The Morgan fingerprint density at radius 2 is 2.29 bits per heavy atom. The molecule has 0 aliphatic heterocycles. The van der Waals surface area contributed by atoms with Crippen LogP contribution in [-0.4, -0.2) is 47.7 Å². The summed E-state index contributed by atoms with van der Waals surface area (Å²) in [6.07, 6.45) is 1.63. The van der Waals surface area contributed by atoms with Gasteiger partial charge in [-0.05, 0) is 24.8 Å². The molecule has 7 nitrogen and oxygen atoms in total. The molecule has 1 aromatic heterocycles. The molecule has 0 bridgehead atoms. The molecule has 1 heterocycles. The van der Waals surface area contributed by atoms with Gasteiger partial charge >= 0.3 is 0 Å². The number of carbonyl (C=O) groups excluding carboxylic acids is 1. The number of aromatic nitrogens is 2. The van der Waals surface area contributed by atoms with Gasteiger partial charge in [0.2, 0.25) is 0 Å². The Balaban J connectivity index is 2.52. The van der Waals surface area contributed by atoms with E-state index in [2.05, 4.69) is 10.4 Å². The highest BCUT2D eigenvalue weighted by Gasteiger charge is 2.09. The lowest BCUT2D eigenvalue weighted by atomic mass is 10.1. The van der Waals surface area contributed by atoms with Gasteiger partial charge in [-0.25, -0.2) is 4.68 Å². The highest BCUT2D eigenvalue weighted by atomic mass is 16.5. The zero-order chi connectivity index (χ0) is 15.7. The molecule has 0 radical (unpaired) electrons. The van der Waals surface area contributed by atoms with Gasteiger partial charge in [-0.1, -0.05) is 6.92 Å². The number of amides is 1. The van der Waals surface area contributed by atoms with Crippen molar-refractivity contribution in [1.29, 1.82) is 0 Å². The molecule has 1 unspecified atom stereocenters. The number of hydrogen-bond acceptors (Lipinski definition) is 5. The first-order valence-corrected chi connectivity index (χ1v) is 7.04. The predicted octanol–water partition coefficient (Wildman–Crippen LogP) is 0.0281. The van der Waals surface area contributed by atoms with E-state index in [4.69, 9.17) is 9.84 Å². The molecule has 21 heavy (non-hydrogen) atoms. The van der Waals surface area contributed by atoms with Gasteiger partial charge in [-0.15, -0.1) is 0 Å². The third-order valence-corrected chi connectivity index (χ3v) is 3.08. The van der Waals surface area contributed by atoms with E-state index in [-0.39, 0.29) is 29.7 Å². The summed E-state index contributed by atoms with van der Waals surface area (Å²) in [7, 11) is 1.54. The summed E-state index contributed by atoms with van der Waals surface area (Å²) in [6, 6.07) is 2.74. The molecule has 0 saturated heterocycles. The second-order valence-electron chi connectivity index (χ2n) is 4.96. The van der Waals surface area contributed by atoms with Gasteiger partial charge in [0.05, 0.1) is 13.2 Å². The Labute approximate surface area is 123 Å². The molecule has 118 valence electrons. The lowest BCUT2D eigenvalue weighted by molar-refractivity contribution is 0.0943. The maximum absolute atomic E-state index is 11.9. The summed E-state index contributed by atoms with van der Waals surface area (Å²) in [4.78, 5) is 23.5. The predicted molar refractivity (Wildman–Crippen MR) is 78.2 cm³/mol. The van der Waals surface area contributed by atoms with Gasteiger partial charge in [-0.2, -0.15) is 5.10 Å². The van der Waals surface area contributed by atoms with Gasteiger partial charge in [0.25, 0.3) is 11.5 Å². The fraction of sp³-hybridized carbons (Fsp3) is 0.643. The zero-order valence-electron chi connectivity index (χ0n) is 12.5. The van der Waals surface area contributed by atoms with Crippen LogP contribution >= 0.6 is 0 Å². The summed E-state index contributed by atoms with van der Waals surface area (Å²) >= 11 is 0. The minimum Gasteiger partial charge on any atom is -0.396 e. The number of aliphatic hydroxyl groups excluding tert-OH is 1. The van der Waals surface area contributed by atoms with Crippen molar-refractivity contribution in [3.8, 4) is 0 Å². The van der Waals surface area contributed by atoms with Crippen molar-refractivity contribution < 1.29 is 14.6 Å². The van der Waals surface area contributed by atoms with E-state index in [1.54, 1.807) is 0 Å². The van der Waals surface area contributed by atoms with Crippen LogP contribution in [0.25, 0.3) is 0 Å². The summed E-state index contributed by atoms with van der Waals surface area (Å²) in [5.41, 5.74) is -0.0544. The standard InChI is InChI=1S/C14H23N3O4/c1-11(10-18)4-3-7-15-14(20)12-5-6-13(19)17(16-12)8-9-21-2/h5-6,11,18H,3-4,7-10H2,1-2H3,(H,15,20). The maximum Gasteiger partial charge on any atom is 0.271 e. The second-order valence-corrected chi connectivity index (χ2v) is 4.96. The molecule has 1 amide bonds. The fourth-order valence-electron chi connectivity index (χ4n) is 1.74. The molecule has 0 saturated carbocycles. The minimum absolute atomic E-state index is 0.153. The molecule has 1 rings (SSSR count). The first-order chi connectivity index (χ1) is 10.1. The van der Waals surface area contributed by atoms with Crippen molar-refractivity contribution in [2.45, 2.75) is 26.3 Å². The highest BCUT2D eigenvalue weighted by Crippen LogP contribution is 2.02.